The molecule has 0 amide bonds. The molecule has 0 fully saturated rings. The number of benzene rings is 1. The molecule has 0 aliphatic rings. The zero-order valence-corrected chi connectivity index (χ0v) is 12.4. The van der Waals surface area contributed by atoms with E-state index in [0.29, 0.717) is 0 Å². The van der Waals surface area contributed by atoms with E-state index in [2.05, 4.69) is 0 Å². The lowest BCUT2D eigenvalue weighted by atomic mass is 9.96. The Morgan fingerprint density at radius 1 is 1.14 bits per heavy atom. The molecule has 1 N–H and O–H groups in total. The van der Waals surface area contributed by atoms with Gasteiger partial charge in [-0.25, -0.2) is 0 Å². The van der Waals surface area contributed by atoms with Gasteiger partial charge in [0.25, 0.3) is 0 Å². The van der Waals surface area contributed by atoms with Gasteiger partial charge in [0.05, 0.1) is 17.6 Å². The number of halogens is 3. The molecule has 6 heteroatoms. The molecule has 118 valence electrons. The first-order valence-corrected chi connectivity index (χ1v) is 6.50. The minimum absolute atomic E-state index is 0.237. The number of hydrogen-bond acceptors (Lipinski definition) is 3. The molecule has 2 atom stereocenters. The molecule has 0 aliphatic heterocycles. The molecule has 0 radical (unpaired) electrons. The van der Waals surface area contributed by atoms with Gasteiger partial charge in [-0.15, -0.1) is 0 Å². The van der Waals surface area contributed by atoms with Crippen LogP contribution < -0.4 is 0 Å². The molecule has 0 spiro atoms. The lowest BCUT2D eigenvalue weighted by molar-refractivity contribution is -0.163. The number of rotatable bonds is 3. The van der Waals surface area contributed by atoms with Gasteiger partial charge >= 0.3 is 12.1 Å². The molecule has 1 rings (SSSR count). The average Bonchev–Trinajstić information content (AvgIpc) is 2.34. The van der Waals surface area contributed by atoms with Gasteiger partial charge in [0.2, 0.25) is 0 Å². The highest BCUT2D eigenvalue weighted by Gasteiger charge is 2.32. The zero-order chi connectivity index (χ0) is 16.4. The number of ether oxygens (including phenoxy) is 1. The molecule has 0 aromatic heterocycles. The van der Waals surface area contributed by atoms with Crippen molar-refractivity contribution in [1.29, 1.82) is 0 Å². The van der Waals surface area contributed by atoms with Crippen LogP contribution in [-0.4, -0.2) is 16.7 Å². The van der Waals surface area contributed by atoms with E-state index in [1.807, 2.05) is 0 Å². The molecule has 0 saturated carbocycles. The molecule has 0 unspecified atom stereocenters. The summed E-state index contributed by atoms with van der Waals surface area (Å²) in [4.78, 5) is 11.8. The lowest BCUT2D eigenvalue weighted by Crippen LogP contribution is -2.30. The predicted molar refractivity (Wildman–Crippen MR) is 71.4 cm³/mol. The number of carbonyl (C=O) groups is 1. The van der Waals surface area contributed by atoms with Crippen LogP contribution in [0.2, 0.25) is 0 Å². The van der Waals surface area contributed by atoms with Gasteiger partial charge < -0.3 is 9.84 Å². The van der Waals surface area contributed by atoms with Crippen molar-refractivity contribution >= 4 is 5.97 Å². The molecule has 0 bridgehead atoms. The number of alkyl halides is 3. The van der Waals surface area contributed by atoms with Crippen molar-refractivity contribution < 1.29 is 27.8 Å². The second kappa shape index (κ2) is 6.05. The molecule has 0 heterocycles. The second-order valence-electron chi connectivity index (χ2n) is 5.89. The van der Waals surface area contributed by atoms with Gasteiger partial charge in [0.1, 0.15) is 5.60 Å². The van der Waals surface area contributed by atoms with Gasteiger partial charge in [0, 0.05) is 0 Å². The predicted octanol–water partition coefficient (Wildman–Crippen LogP) is 3.72. The van der Waals surface area contributed by atoms with E-state index >= 15 is 0 Å². The number of hydrogen-bond donors (Lipinski definition) is 1. The minimum Gasteiger partial charge on any atom is -0.460 e. The molecule has 0 saturated heterocycles. The van der Waals surface area contributed by atoms with Crippen LogP contribution in [0.5, 0.6) is 0 Å². The largest absolute Gasteiger partial charge is 0.460 e. The van der Waals surface area contributed by atoms with Gasteiger partial charge in [-0.3, -0.25) is 4.79 Å². The summed E-state index contributed by atoms with van der Waals surface area (Å²) in [5.74, 6) is -1.48. The minimum atomic E-state index is -4.43. The van der Waals surface area contributed by atoms with Crippen LogP contribution in [0.3, 0.4) is 0 Å². The summed E-state index contributed by atoms with van der Waals surface area (Å²) in [5, 5.41) is 10.1. The first-order valence-electron chi connectivity index (χ1n) is 6.50. The van der Waals surface area contributed by atoms with E-state index in [1.165, 1.54) is 6.92 Å². The van der Waals surface area contributed by atoms with Crippen LogP contribution in [0.15, 0.2) is 24.3 Å². The fourth-order valence-electron chi connectivity index (χ4n) is 1.68. The first kappa shape index (κ1) is 17.5. The Kier molecular flexibility index (Phi) is 5.04. The third-order valence-electron chi connectivity index (χ3n) is 2.83. The van der Waals surface area contributed by atoms with E-state index in [9.17, 15) is 23.1 Å². The smallest absolute Gasteiger partial charge is 0.416 e. The summed E-state index contributed by atoms with van der Waals surface area (Å²) < 4.78 is 42.5. The molecule has 3 nitrogen and oxygen atoms in total. The van der Waals surface area contributed by atoms with Crippen molar-refractivity contribution in [2.45, 2.75) is 45.6 Å². The quantitative estimate of drug-likeness (QED) is 0.866. The summed E-state index contributed by atoms with van der Waals surface area (Å²) in [6, 6.07) is 4.07. The highest BCUT2D eigenvalue weighted by molar-refractivity contribution is 5.73. The zero-order valence-electron chi connectivity index (χ0n) is 12.4. The summed E-state index contributed by atoms with van der Waals surface area (Å²) in [6.45, 7) is 6.56. The number of aliphatic hydroxyl groups is 1. The Morgan fingerprint density at radius 2 is 1.62 bits per heavy atom. The maximum atomic E-state index is 12.5. The van der Waals surface area contributed by atoms with Gasteiger partial charge in [-0.2, -0.15) is 13.2 Å². The van der Waals surface area contributed by atoms with E-state index in [4.69, 9.17) is 4.74 Å². The summed E-state index contributed by atoms with van der Waals surface area (Å²) in [5.41, 5.74) is -1.25. The van der Waals surface area contributed by atoms with E-state index in [0.717, 1.165) is 24.3 Å². The number of carbonyl (C=O) groups excluding carboxylic acids is 1. The topological polar surface area (TPSA) is 46.5 Å². The standard InChI is InChI=1S/C15H19F3O3/c1-9(13(20)21-14(2,3)4)12(19)10-5-7-11(8-6-10)15(16,17)18/h5-9,12,19H,1-4H3/t9-,12+/m0/s1. The molecule has 21 heavy (non-hydrogen) atoms. The van der Waals surface area contributed by atoms with Crippen LogP contribution in [0.25, 0.3) is 0 Å². The normalized spacial score (nSPS) is 15.4. The van der Waals surface area contributed by atoms with E-state index < -0.39 is 35.3 Å². The third-order valence-corrected chi connectivity index (χ3v) is 2.83. The highest BCUT2D eigenvalue weighted by Crippen LogP contribution is 2.31. The van der Waals surface area contributed by atoms with Crippen molar-refractivity contribution in [2.24, 2.45) is 5.92 Å². The Morgan fingerprint density at radius 3 is 2.00 bits per heavy atom. The first-order chi connectivity index (χ1) is 9.42. The van der Waals surface area contributed by atoms with Crippen LogP contribution in [0, 0.1) is 5.92 Å². The molecular weight excluding hydrogens is 285 g/mol. The summed E-state index contributed by atoms with van der Waals surface area (Å²) in [7, 11) is 0. The number of aliphatic hydroxyl groups excluding tert-OH is 1. The number of esters is 1. The maximum absolute atomic E-state index is 12.5. The third kappa shape index (κ3) is 5.04. The maximum Gasteiger partial charge on any atom is 0.416 e. The van der Waals surface area contributed by atoms with E-state index in [-0.39, 0.29) is 5.56 Å². The highest BCUT2D eigenvalue weighted by atomic mass is 19.4. The summed E-state index contributed by atoms with van der Waals surface area (Å²) in [6.07, 6.45) is -5.65. The van der Waals surface area contributed by atoms with Gasteiger partial charge in [-0.1, -0.05) is 12.1 Å². The SMILES string of the molecule is C[C@H](C(=O)OC(C)(C)C)[C@@H](O)c1ccc(C(F)(F)F)cc1. The van der Waals surface area contributed by atoms with Crippen molar-refractivity contribution in [2.75, 3.05) is 0 Å². The Hall–Kier alpha value is -1.56. The fraction of sp³-hybridized carbons (Fsp3) is 0.533. The van der Waals surface area contributed by atoms with Crippen molar-refractivity contribution in [3.8, 4) is 0 Å². The second-order valence-corrected chi connectivity index (χ2v) is 5.89. The molecule has 1 aromatic carbocycles. The fourth-order valence-corrected chi connectivity index (χ4v) is 1.68. The van der Waals surface area contributed by atoms with Gasteiger partial charge in [-0.05, 0) is 45.4 Å². The Bertz CT molecular complexity index is 486. The average molecular weight is 304 g/mol. The van der Waals surface area contributed by atoms with Gasteiger partial charge in [0.15, 0.2) is 0 Å². The van der Waals surface area contributed by atoms with Crippen molar-refractivity contribution in [1.82, 2.24) is 0 Å². The Balaban J connectivity index is 2.83. The van der Waals surface area contributed by atoms with E-state index in [1.54, 1.807) is 20.8 Å². The van der Waals surface area contributed by atoms with Crippen LogP contribution in [0.4, 0.5) is 13.2 Å². The molecule has 0 aliphatic carbocycles. The van der Waals surface area contributed by atoms with Crippen molar-refractivity contribution in [3.63, 3.8) is 0 Å². The molecular formula is C15H19F3O3. The van der Waals surface area contributed by atoms with Crippen LogP contribution >= 0.6 is 0 Å². The van der Waals surface area contributed by atoms with Crippen molar-refractivity contribution in [3.05, 3.63) is 35.4 Å². The van der Waals surface area contributed by atoms with Crippen LogP contribution in [-0.2, 0) is 15.7 Å². The van der Waals surface area contributed by atoms with Crippen LogP contribution in [0.1, 0.15) is 44.9 Å². The monoisotopic (exact) mass is 304 g/mol. The summed E-state index contributed by atoms with van der Waals surface area (Å²) >= 11 is 0. The Labute approximate surface area is 121 Å². The lowest BCUT2D eigenvalue weighted by Gasteiger charge is -2.24. The molecule has 1 aromatic rings.